The Morgan fingerprint density at radius 1 is 1.11 bits per heavy atom. The number of hydrogen-bond donors (Lipinski definition) is 0. The third-order valence-corrected chi connectivity index (χ3v) is 7.38. The zero-order chi connectivity index (χ0) is 26.2. The van der Waals surface area contributed by atoms with E-state index in [1.807, 2.05) is 48.5 Å². The van der Waals surface area contributed by atoms with Gasteiger partial charge in [0.05, 0.1) is 19.0 Å². The summed E-state index contributed by atoms with van der Waals surface area (Å²) in [7, 11) is 0. The van der Waals surface area contributed by atoms with Gasteiger partial charge in [-0.05, 0) is 59.4 Å². The van der Waals surface area contributed by atoms with Crippen molar-refractivity contribution in [2.45, 2.75) is 43.6 Å². The van der Waals surface area contributed by atoms with E-state index >= 15 is 0 Å². The topological polar surface area (TPSA) is 74.1 Å². The van der Waals surface area contributed by atoms with Gasteiger partial charge in [-0.2, -0.15) is 5.26 Å². The van der Waals surface area contributed by atoms with Crippen LogP contribution in [0.5, 0.6) is 0 Å². The number of ketones is 1. The number of hydrogen-bond acceptors (Lipinski definition) is 4. The van der Waals surface area contributed by atoms with Crippen LogP contribution in [0.3, 0.4) is 0 Å². The standard InChI is InChI=1S/C29H24ClF2N3O2/c30-24-8-5-20-13-19(1-3-21(20)14-24)2-4-22-15-34-12-11-25(22)26(36)9-10-27(37)35-18-29(31,32)16-28(35,17-33)23-6-7-23/h1-5,8,11-15,23H,6-7,9-10,16,18H2/b4-2+/t28-/m0/s1. The number of nitrogens with zero attached hydrogens (tertiary/aromatic N) is 3. The summed E-state index contributed by atoms with van der Waals surface area (Å²) in [5, 5.41) is 12.4. The molecule has 2 aliphatic rings. The van der Waals surface area contributed by atoms with Crippen LogP contribution >= 0.6 is 11.6 Å². The lowest BCUT2D eigenvalue weighted by Crippen LogP contribution is -2.48. The van der Waals surface area contributed by atoms with E-state index in [0.717, 1.165) is 21.2 Å². The van der Waals surface area contributed by atoms with Gasteiger partial charge >= 0.3 is 0 Å². The summed E-state index contributed by atoms with van der Waals surface area (Å²) >= 11 is 6.06. The number of nitriles is 1. The maximum absolute atomic E-state index is 14.2. The van der Waals surface area contributed by atoms with E-state index in [4.69, 9.17) is 11.6 Å². The van der Waals surface area contributed by atoms with Crippen molar-refractivity contribution >= 4 is 46.2 Å². The van der Waals surface area contributed by atoms with Crippen LogP contribution in [0.2, 0.25) is 5.02 Å². The normalized spacial score (nSPS) is 20.9. The number of alkyl halides is 2. The van der Waals surface area contributed by atoms with Crippen LogP contribution in [-0.2, 0) is 4.79 Å². The molecule has 1 aliphatic carbocycles. The van der Waals surface area contributed by atoms with Gasteiger partial charge in [0.25, 0.3) is 5.92 Å². The van der Waals surface area contributed by atoms with E-state index in [9.17, 15) is 23.6 Å². The summed E-state index contributed by atoms with van der Waals surface area (Å²) in [5.74, 6) is -4.20. The molecule has 37 heavy (non-hydrogen) atoms. The van der Waals surface area contributed by atoms with Crippen molar-refractivity contribution in [3.8, 4) is 6.07 Å². The van der Waals surface area contributed by atoms with Crippen molar-refractivity contribution in [3.63, 3.8) is 0 Å². The van der Waals surface area contributed by atoms with Crippen LogP contribution in [0.4, 0.5) is 8.78 Å². The number of likely N-dealkylation sites (tertiary alicyclic amines) is 1. The molecule has 1 aliphatic heterocycles. The van der Waals surface area contributed by atoms with Gasteiger partial charge in [0.15, 0.2) is 5.78 Å². The molecule has 0 spiro atoms. The van der Waals surface area contributed by atoms with Gasteiger partial charge in [0.1, 0.15) is 5.54 Å². The molecule has 5 nitrogen and oxygen atoms in total. The third kappa shape index (κ3) is 5.12. The number of benzene rings is 2. The van der Waals surface area contributed by atoms with Gasteiger partial charge in [-0.3, -0.25) is 14.6 Å². The molecule has 3 aromatic rings. The zero-order valence-corrected chi connectivity index (χ0v) is 20.7. The minimum atomic E-state index is -3.10. The average molecular weight is 520 g/mol. The summed E-state index contributed by atoms with van der Waals surface area (Å²) in [6.07, 6.45) is 7.03. The molecule has 188 valence electrons. The lowest BCUT2D eigenvalue weighted by Gasteiger charge is -2.31. The number of halogens is 3. The van der Waals surface area contributed by atoms with E-state index in [-0.39, 0.29) is 24.5 Å². The molecule has 1 saturated carbocycles. The Labute approximate surface area is 218 Å². The molecule has 1 aromatic heterocycles. The largest absolute Gasteiger partial charge is 0.317 e. The summed E-state index contributed by atoms with van der Waals surface area (Å²) < 4.78 is 28.5. The van der Waals surface area contributed by atoms with Crippen LogP contribution in [0, 0.1) is 17.2 Å². The van der Waals surface area contributed by atoms with E-state index < -0.39 is 30.3 Å². The minimum Gasteiger partial charge on any atom is -0.317 e. The van der Waals surface area contributed by atoms with Crippen LogP contribution in [0.25, 0.3) is 22.9 Å². The molecule has 0 N–H and O–H groups in total. The number of Topliss-reactive ketones (excluding diaryl/α,β-unsaturated/α-hetero) is 1. The van der Waals surface area contributed by atoms with Gasteiger partial charge < -0.3 is 4.90 Å². The molecule has 5 rings (SSSR count). The SMILES string of the molecule is N#C[C@]1(C2CC2)CC(F)(F)CN1C(=O)CCC(=O)c1ccncc1/C=C/c1ccc2cc(Cl)ccc2c1. The number of rotatable bonds is 7. The molecule has 0 unspecified atom stereocenters. The highest BCUT2D eigenvalue weighted by Gasteiger charge is 2.62. The molecule has 0 radical (unpaired) electrons. The highest BCUT2D eigenvalue weighted by molar-refractivity contribution is 6.31. The first kappa shape index (κ1) is 25.0. The maximum Gasteiger partial charge on any atom is 0.268 e. The fraction of sp³-hybridized carbons (Fsp3) is 0.310. The molecule has 2 aromatic carbocycles. The molecular formula is C29H24ClF2N3O2. The number of pyridine rings is 1. The summed E-state index contributed by atoms with van der Waals surface area (Å²) in [6.45, 7) is -0.773. The Bertz CT molecular complexity index is 1460. The Morgan fingerprint density at radius 3 is 2.62 bits per heavy atom. The van der Waals surface area contributed by atoms with E-state index in [0.29, 0.717) is 29.0 Å². The Kier molecular flexibility index (Phi) is 6.55. The molecule has 0 bridgehead atoms. The van der Waals surface area contributed by atoms with Crippen molar-refractivity contribution < 1.29 is 18.4 Å². The van der Waals surface area contributed by atoms with Gasteiger partial charge in [0, 0.05) is 41.4 Å². The van der Waals surface area contributed by atoms with E-state index in [1.54, 1.807) is 18.3 Å². The number of carbonyl (C=O) groups excluding carboxylic acids is 2. The summed E-state index contributed by atoms with van der Waals surface area (Å²) in [6, 6.07) is 15.2. The first-order chi connectivity index (χ1) is 17.7. The monoisotopic (exact) mass is 519 g/mol. The van der Waals surface area contributed by atoms with E-state index in [2.05, 4.69) is 4.98 Å². The molecule has 2 heterocycles. The average Bonchev–Trinajstić information content (AvgIpc) is 3.70. The number of aromatic nitrogens is 1. The van der Waals surface area contributed by atoms with E-state index in [1.165, 1.54) is 6.20 Å². The predicted octanol–water partition coefficient (Wildman–Crippen LogP) is 6.56. The predicted molar refractivity (Wildman–Crippen MR) is 138 cm³/mol. The lowest BCUT2D eigenvalue weighted by atomic mass is 9.90. The van der Waals surface area contributed by atoms with Gasteiger partial charge in [0.2, 0.25) is 5.91 Å². The maximum atomic E-state index is 14.2. The van der Waals surface area contributed by atoms with Crippen molar-refractivity contribution in [2.75, 3.05) is 6.54 Å². The first-order valence-electron chi connectivity index (χ1n) is 12.1. The second-order valence-electron chi connectivity index (χ2n) is 9.79. The Morgan fingerprint density at radius 2 is 1.86 bits per heavy atom. The fourth-order valence-corrected chi connectivity index (χ4v) is 5.33. The first-order valence-corrected chi connectivity index (χ1v) is 12.5. The lowest BCUT2D eigenvalue weighted by molar-refractivity contribution is -0.135. The second kappa shape index (κ2) is 9.68. The van der Waals surface area contributed by atoms with Crippen LogP contribution < -0.4 is 0 Å². The second-order valence-corrected chi connectivity index (χ2v) is 10.2. The zero-order valence-electron chi connectivity index (χ0n) is 20.0. The van der Waals surface area contributed by atoms with Gasteiger partial charge in [-0.15, -0.1) is 0 Å². The smallest absolute Gasteiger partial charge is 0.268 e. The summed E-state index contributed by atoms with van der Waals surface area (Å²) in [4.78, 5) is 31.1. The molecule has 2 fully saturated rings. The Hall–Kier alpha value is -3.63. The van der Waals surface area contributed by atoms with Crippen molar-refractivity contribution in [3.05, 3.63) is 76.6 Å². The van der Waals surface area contributed by atoms with Crippen LogP contribution in [0.1, 0.15) is 53.6 Å². The molecule has 8 heteroatoms. The number of fused-ring (bicyclic) bond motifs is 1. The molecular weight excluding hydrogens is 496 g/mol. The minimum absolute atomic E-state index is 0.144. The number of amides is 1. The third-order valence-electron chi connectivity index (χ3n) is 7.15. The van der Waals surface area contributed by atoms with Crippen molar-refractivity contribution in [1.29, 1.82) is 5.26 Å². The molecule has 1 atom stereocenters. The van der Waals surface area contributed by atoms with Crippen molar-refractivity contribution in [1.82, 2.24) is 9.88 Å². The quantitative estimate of drug-likeness (QED) is 0.331. The van der Waals surface area contributed by atoms with Crippen molar-refractivity contribution in [2.24, 2.45) is 5.92 Å². The Balaban J connectivity index is 1.29. The molecule has 1 amide bonds. The van der Waals surface area contributed by atoms with Crippen LogP contribution in [-0.4, -0.2) is 39.6 Å². The number of carbonyl (C=O) groups is 2. The van der Waals surface area contributed by atoms with Gasteiger partial charge in [-0.25, -0.2) is 8.78 Å². The summed E-state index contributed by atoms with van der Waals surface area (Å²) in [5.41, 5.74) is 0.440. The fourth-order valence-electron chi connectivity index (χ4n) is 5.15. The molecule has 1 saturated heterocycles. The van der Waals surface area contributed by atoms with Crippen LogP contribution in [0.15, 0.2) is 54.9 Å². The highest BCUT2D eigenvalue weighted by Crippen LogP contribution is 2.52. The van der Waals surface area contributed by atoms with Gasteiger partial charge in [-0.1, -0.05) is 42.0 Å². The highest BCUT2D eigenvalue weighted by atomic mass is 35.5.